The number of aromatic nitrogens is 4. The van der Waals surface area contributed by atoms with Gasteiger partial charge < -0.3 is 122 Å². The van der Waals surface area contributed by atoms with Crippen LogP contribution in [0.5, 0.6) is 0 Å². The molecule has 12 rings (SSSR count). The third kappa shape index (κ3) is 20.8. The van der Waals surface area contributed by atoms with Gasteiger partial charge >= 0.3 is 11.9 Å². The molecule has 1 aliphatic carbocycles. The number of hydrogen-bond donors (Lipinski definition) is 19. The van der Waals surface area contributed by atoms with Crippen LogP contribution >= 0.6 is 45.8 Å². The highest BCUT2D eigenvalue weighted by Crippen LogP contribution is 2.55. The number of rotatable bonds is 15. The van der Waals surface area contributed by atoms with Crippen molar-refractivity contribution < 1.29 is 127 Å². The molecule has 13 bridgehead atoms. The number of amides is 10. The molecule has 44 nitrogen and oxygen atoms in total. The van der Waals surface area contributed by atoms with E-state index in [-0.39, 0.29) is 97.5 Å². The van der Waals surface area contributed by atoms with Gasteiger partial charge in [-0.2, -0.15) is 0 Å². The van der Waals surface area contributed by atoms with Gasteiger partial charge in [-0.1, -0.05) is 58.0 Å². The molecule has 19 N–H and O–H groups in total. The van der Waals surface area contributed by atoms with Crippen molar-refractivity contribution in [3.63, 3.8) is 0 Å². The summed E-state index contributed by atoms with van der Waals surface area (Å²) in [7, 11) is 1.00. The number of carbonyl (C=O) groups excluding carboxylic acids is 12. The van der Waals surface area contributed by atoms with Crippen molar-refractivity contribution in [2.24, 2.45) is 9.98 Å². The summed E-state index contributed by atoms with van der Waals surface area (Å²) in [6, 6.07) is -11.1. The molecule has 16 unspecified atom stereocenters. The third-order valence-corrected chi connectivity index (χ3v) is 27.6. The topological polar surface area (TPSA) is 634 Å². The lowest BCUT2D eigenvalue weighted by Gasteiger charge is -2.53. The number of hydrogen-bond acceptors (Lipinski definition) is 38. The summed E-state index contributed by atoms with van der Waals surface area (Å²) in [4.78, 5) is 207. The molecule has 8 aliphatic rings. The van der Waals surface area contributed by atoms with Crippen LogP contribution in [0, 0.1) is 0 Å². The van der Waals surface area contributed by atoms with E-state index in [0.717, 1.165) is 41.5 Å². The summed E-state index contributed by atoms with van der Waals surface area (Å²) in [5.74, 6) is -13.9. The van der Waals surface area contributed by atoms with Crippen molar-refractivity contribution in [3.05, 3.63) is 156 Å². The largest absolute Gasteiger partial charge is 0.464 e. The summed E-state index contributed by atoms with van der Waals surface area (Å²) in [6.07, 6.45) is -14.2. The Morgan fingerprint density at radius 2 is 1.40 bits per heavy atom. The molecule has 3 saturated heterocycles. The first-order valence-electron chi connectivity index (χ1n) is 41.7. The molecule has 132 heavy (non-hydrogen) atoms. The zero-order valence-corrected chi connectivity index (χ0v) is 76.6. The smallest absolute Gasteiger partial charge is 0.357 e. The van der Waals surface area contributed by atoms with Crippen molar-refractivity contribution in [1.29, 1.82) is 0 Å². The molecule has 0 spiro atoms. The molecule has 4 aromatic heterocycles. The van der Waals surface area contributed by atoms with E-state index >= 15 is 28.8 Å². The lowest BCUT2D eigenvalue weighted by molar-refractivity contribution is -0.310. The average molecular weight is 1910 g/mol. The molecule has 710 valence electrons. The number of thiazole rings is 3. The molecule has 7 aliphatic heterocycles. The van der Waals surface area contributed by atoms with Gasteiger partial charge in [0.15, 0.2) is 12.6 Å². The van der Waals surface area contributed by atoms with Crippen LogP contribution in [0.4, 0.5) is 0 Å². The van der Waals surface area contributed by atoms with Crippen LogP contribution < -0.4 is 58.5 Å². The number of methoxy groups -OCH3 is 1. The van der Waals surface area contributed by atoms with Crippen molar-refractivity contribution in [2.45, 2.75) is 246 Å². The number of pyridine rings is 1. The number of cyclic esters (lactones) is 1. The maximum absolute atomic E-state index is 15.8. The number of nitrogens with zero attached hydrogens (tertiary/aromatic N) is 7. The van der Waals surface area contributed by atoms with E-state index in [1.54, 1.807) is 13.8 Å². The van der Waals surface area contributed by atoms with Gasteiger partial charge in [0.25, 0.3) is 41.4 Å². The highest BCUT2D eigenvalue weighted by Gasteiger charge is 2.65. The van der Waals surface area contributed by atoms with Gasteiger partial charge in [-0.25, -0.2) is 34.4 Å². The van der Waals surface area contributed by atoms with Crippen LogP contribution in [0.25, 0.3) is 6.08 Å². The average Bonchev–Trinajstić information content (AvgIpc) is 1.52. The molecule has 0 radical (unpaired) electrons. The third-order valence-electron chi connectivity index (χ3n) is 23.6. The van der Waals surface area contributed by atoms with Crippen LogP contribution in [0.15, 0.2) is 111 Å². The molecule has 4 aromatic rings. The Morgan fingerprint density at radius 3 is 2.06 bits per heavy atom. The van der Waals surface area contributed by atoms with Crippen molar-refractivity contribution >= 4 is 134 Å². The minimum atomic E-state index is -2.72. The van der Waals surface area contributed by atoms with E-state index in [0.29, 0.717) is 11.3 Å². The Hall–Kier alpha value is -11.0. The van der Waals surface area contributed by atoms with Gasteiger partial charge in [-0.05, 0) is 93.2 Å². The first-order chi connectivity index (χ1) is 62.3. The highest BCUT2D eigenvalue weighted by molar-refractivity contribution is 8.14. The quantitative estimate of drug-likeness (QED) is 0.0507. The van der Waals surface area contributed by atoms with E-state index < -0.39 is 262 Å². The summed E-state index contributed by atoms with van der Waals surface area (Å²) in [6.45, 7) is 31.6. The fraction of sp³-hybridized carbons (Fsp3) is 0.500. The minimum absolute atomic E-state index is 0.00179. The van der Waals surface area contributed by atoms with Crippen LogP contribution in [-0.2, 0) is 77.1 Å². The van der Waals surface area contributed by atoms with Crippen LogP contribution in [0.2, 0.25) is 0 Å². The Balaban J connectivity index is 1.02. The number of aliphatic imine (C=N–C) groups is 2. The Bertz CT molecular complexity index is 5440. The Morgan fingerprint density at radius 1 is 0.758 bits per heavy atom. The van der Waals surface area contributed by atoms with Gasteiger partial charge in [0.1, 0.15) is 103 Å². The SMILES string of the molecule is C=C1NC(=O)C(=C)NC(=O)[C@H]([C@@H](C)OC2C[C@@H](OC3C[C@@H](O)[C@H](O)[C@@H](C)O3)[C@H](O)[C@@H](C)O2)NC2C=Cc3c(C(C)O)cc(nc3C2O)C(=O)OC(C)C2NC(=O)c3csc(n3)C(C(C)(O)CC)NC(=O)C3CSC(=N3)/C(=C\C)NC(=O)C(C(C)O)NC(=O)c3csc(n3)C3(CCC4C(C)=NC(CO)(C(=O)NC(=C)C(=O)NC(=C)C(=O)OC)N4C3c3csc2n3)NC(=O)C(=C)NC1=O. The van der Waals surface area contributed by atoms with Gasteiger partial charge in [-0.3, -0.25) is 63.2 Å². The molecular weight excluding hydrogens is 1810 g/mol. The number of piperidine rings is 1. The van der Waals surface area contributed by atoms with Gasteiger partial charge in [0, 0.05) is 46.0 Å². The zero-order chi connectivity index (χ0) is 96.5. The minimum Gasteiger partial charge on any atom is -0.464 e. The first kappa shape index (κ1) is 100.0. The number of thioether (sulfide) groups is 1. The molecule has 11 heterocycles. The number of ether oxygens (including phenoxy) is 6. The lowest BCUT2D eigenvalue weighted by Crippen LogP contribution is -2.69. The van der Waals surface area contributed by atoms with E-state index in [9.17, 15) is 69.6 Å². The number of esters is 2. The summed E-state index contributed by atoms with van der Waals surface area (Å²) in [5, 5.41) is 124. The number of allylic oxidation sites excluding steroid dienone is 1. The second kappa shape index (κ2) is 40.8. The molecular formula is C84H104N18O26S4. The molecule has 0 saturated carbocycles. The van der Waals surface area contributed by atoms with Crippen molar-refractivity contribution in [1.82, 2.24) is 83.3 Å². The van der Waals surface area contributed by atoms with Crippen molar-refractivity contribution in [2.75, 3.05) is 19.5 Å². The fourth-order valence-corrected chi connectivity index (χ4v) is 20.1. The predicted octanol–water partition coefficient (Wildman–Crippen LogP) is -0.888. The number of aliphatic hydroxyl groups excluding tert-OH is 7. The summed E-state index contributed by atoms with van der Waals surface area (Å²) in [5.41, 5.74) is -12.5. The molecule has 3 fully saturated rings. The Kier molecular flexibility index (Phi) is 30.9. The fourth-order valence-electron chi connectivity index (χ4n) is 16.1. The number of carbonyl (C=O) groups is 12. The number of aliphatic hydroxyl groups is 8. The standard InChI is InChI=1S/C84H104N18O26S4/c1-17-45-75-94-50(27-129-75)72(116)99-64(82(15,122)18-2)77-95-49(28-131-77)70(114)98-59-40(12)127-79(120)47-23-44(37(9)104)43-19-20-46(63(109)60(43)91-47)90-58(39(11)124-56-25-54(62(108)42(14)126-56)128-55-24-53(106)61(107)41(13)125-55)74(118)87-33(5)67(111)85-32(4)66(110)86-35(7)69(113)101-83(81-96-51(29-132-81)71(115)97-57(38(10)105)73(117)92-45)22-21-52-31(3)100-84(30-103,102(52)65(83)48-26-130-76(59)93-48)80(121)89-34(6)68(112)88-36(8)78(119)123-16/h17,19-20,23,26,28-29,37-42,46,50,52-59,61-65,90,103-109,122H,4-8,18,21-22,24-25,27,30H2,1-3,9-16H3,(H,85,111)(H,86,110)(H,87,118)(H,88,112)(H,89,121)(H,92,117)(H,97,115)(H,98,114)(H,99,116)(H,101,113)/b45-17+/t37?,38?,39-,40?,41-,42-,46?,50?,52?,53-,54-,55?,56?,57?,58+,59?,61-,62-,63?,64?,65?,82?,83?,84?/m1/s1. The zero-order valence-electron chi connectivity index (χ0n) is 73.3. The maximum atomic E-state index is 15.8. The van der Waals surface area contributed by atoms with E-state index in [1.165, 1.54) is 101 Å². The van der Waals surface area contributed by atoms with E-state index in [4.69, 9.17) is 38.6 Å². The normalized spacial score (nSPS) is 31.6. The first-order valence-corrected chi connectivity index (χ1v) is 45.4. The predicted molar refractivity (Wildman–Crippen MR) is 471 cm³/mol. The van der Waals surface area contributed by atoms with Crippen LogP contribution in [0.1, 0.15) is 201 Å². The van der Waals surface area contributed by atoms with Gasteiger partial charge in [0.05, 0.1) is 120 Å². The Labute approximate surface area is 771 Å². The monoisotopic (exact) mass is 1910 g/mol. The summed E-state index contributed by atoms with van der Waals surface area (Å²) < 4.78 is 35.5. The van der Waals surface area contributed by atoms with E-state index in [2.05, 4.69) is 111 Å². The molecule has 48 heteroatoms. The molecule has 24 atom stereocenters. The van der Waals surface area contributed by atoms with Crippen LogP contribution in [-0.4, -0.2) is 276 Å². The molecule has 0 aromatic carbocycles. The maximum Gasteiger partial charge on any atom is 0.357 e. The molecule has 10 amide bonds. The second-order valence-electron chi connectivity index (χ2n) is 32.9. The number of nitrogens with one attached hydrogen (secondary N) is 11. The second-order valence-corrected chi connectivity index (χ2v) is 36.6. The van der Waals surface area contributed by atoms with Gasteiger partial charge in [-0.15, -0.1) is 45.8 Å². The van der Waals surface area contributed by atoms with Crippen LogP contribution in [0.3, 0.4) is 0 Å². The highest BCUT2D eigenvalue weighted by atomic mass is 32.2. The van der Waals surface area contributed by atoms with E-state index in [1.807, 2.05) is 0 Å². The number of fused-ring (bicyclic) bond motifs is 8. The van der Waals surface area contributed by atoms with Gasteiger partial charge in [0.2, 0.25) is 23.4 Å². The lowest BCUT2D eigenvalue weighted by atomic mass is 9.75. The summed E-state index contributed by atoms with van der Waals surface area (Å²) >= 11 is 3.33. The van der Waals surface area contributed by atoms with Crippen molar-refractivity contribution in [3.8, 4) is 0 Å².